The number of hydrogen-bond donors (Lipinski definition) is 1. The van der Waals surface area contributed by atoms with Gasteiger partial charge in [0, 0.05) is 18.8 Å². The Balaban J connectivity index is 1.82. The van der Waals surface area contributed by atoms with Crippen LogP contribution >= 0.6 is 0 Å². The molecule has 0 aliphatic heterocycles. The van der Waals surface area contributed by atoms with Crippen molar-refractivity contribution in [2.45, 2.75) is 50.7 Å². The van der Waals surface area contributed by atoms with E-state index in [1.54, 1.807) is 0 Å². The number of hydrogen-bond acceptors (Lipinski definition) is 3. The highest BCUT2D eigenvalue weighted by Crippen LogP contribution is 2.46. The highest BCUT2D eigenvalue weighted by Gasteiger charge is 2.46. The van der Waals surface area contributed by atoms with Crippen molar-refractivity contribution in [3.8, 4) is 0 Å². The molecule has 2 rings (SSSR count). The summed E-state index contributed by atoms with van der Waals surface area (Å²) < 4.78 is 60.8. The monoisotopic (exact) mass is 313 g/mol. The van der Waals surface area contributed by atoms with Gasteiger partial charge in [-0.1, -0.05) is 6.42 Å². The molecule has 7 heteroatoms. The predicted octanol–water partition coefficient (Wildman–Crippen LogP) is 2.52. The SMILES string of the molecule is CS(=O)(=O)CC1(CN[C@H]2CCC[C@H](C(F)(F)F)C2)CC1. The summed E-state index contributed by atoms with van der Waals surface area (Å²) in [6.07, 6.45) is 0.486. The van der Waals surface area contributed by atoms with Crippen LogP contribution in [0, 0.1) is 11.3 Å². The second-order valence-electron chi connectivity index (χ2n) is 6.55. The van der Waals surface area contributed by atoms with Crippen LogP contribution in [0.4, 0.5) is 13.2 Å². The van der Waals surface area contributed by atoms with Gasteiger partial charge in [-0.3, -0.25) is 0 Å². The standard InChI is InChI=1S/C13H22F3NO2S/c1-20(18,19)9-12(5-6-12)8-17-11-4-2-3-10(7-11)13(14,15)16/h10-11,17H,2-9H2,1H3/t10-,11-/m0/s1. The average molecular weight is 313 g/mol. The molecule has 1 N–H and O–H groups in total. The summed E-state index contributed by atoms with van der Waals surface area (Å²) in [6.45, 7) is 0.523. The van der Waals surface area contributed by atoms with E-state index in [2.05, 4.69) is 5.32 Å². The van der Waals surface area contributed by atoms with Gasteiger partial charge in [-0.05, 0) is 37.5 Å². The molecule has 0 spiro atoms. The van der Waals surface area contributed by atoms with E-state index in [0.717, 1.165) is 19.3 Å². The van der Waals surface area contributed by atoms with Gasteiger partial charge in [0.1, 0.15) is 9.84 Å². The molecule has 2 aliphatic rings. The summed E-state index contributed by atoms with van der Waals surface area (Å²) in [5.74, 6) is -1.07. The molecular weight excluding hydrogens is 291 g/mol. The van der Waals surface area contributed by atoms with Crippen LogP contribution in [-0.4, -0.2) is 39.2 Å². The Labute approximate surface area is 118 Å². The Morgan fingerprint density at radius 3 is 2.40 bits per heavy atom. The first-order valence-electron chi connectivity index (χ1n) is 7.08. The first-order valence-corrected chi connectivity index (χ1v) is 9.14. The van der Waals surface area contributed by atoms with E-state index < -0.39 is 21.9 Å². The Kier molecular flexibility index (Phi) is 4.40. The molecule has 0 amide bonds. The molecule has 2 aliphatic carbocycles. The van der Waals surface area contributed by atoms with E-state index >= 15 is 0 Å². The molecule has 0 unspecified atom stereocenters. The Morgan fingerprint density at radius 2 is 1.90 bits per heavy atom. The van der Waals surface area contributed by atoms with Gasteiger partial charge in [-0.15, -0.1) is 0 Å². The smallest absolute Gasteiger partial charge is 0.313 e. The van der Waals surface area contributed by atoms with Crippen LogP contribution in [0.5, 0.6) is 0 Å². The van der Waals surface area contributed by atoms with Gasteiger partial charge in [0.2, 0.25) is 0 Å². The molecule has 2 fully saturated rings. The largest absolute Gasteiger partial charge is 0.391 e. The van der Waals surface area contributed by atoms with Crippen LogP contribution in [0.15, 0.2) is 0 Å². The zero-order valence-corrected chi connectivity index (χ0v) is 12.5. The van der Waals surface area contributed by atoms with Crippen molar-refractivity contribution >= 4 is 9.84 Å². The third kappa shape index (κ3) is 4.62. The van der Waals surface area contributed by atoms with Gasteiger partial charge < -0.3 is 5.32 Å². The molecular formula is C13H22F3NO2S. The molecule has 0 radical (unpaired) electrons. The summed E-state index contributed by atoms with van der Waals surface area (Å²) in [4.78, 5) is 0. The molecule has 2 atom stereocenters. The third-order valence-electron chi connectivity index (χ3n) is 4.43. The molecule has 0 saturated heterocycles. The maximum Gasteiger partial charge on any atom is 0.391 e. The Bertz CT molecular complexity index is 443. The van der Waals surface area contributed by atoms with Crippen LogP contribution in [-0.2, 0) is 9.84 Å². The third-order valence-corrected chi connectivity index (χ3v) is 5.57. The number of nitrogens with one attached hydrogen (secondary N) is 1. The van der Waals surface area contributed by atoms with E-state index in [1.807, 2.05) is 0 Å². The molecule has 20 heavy (non-hydrogen) atoms. The lowest BCUT2D eigenvalue weighted by Crippen LogP contribution is -2.42. The minimum absolute atomic E-state index is 0.123. The van der Waals surface area contributed by atoms with Gasteiger partial charge in [0.05, 0.1) is 11.7 Å². The van der Waals surface area contributed by atoms with E-state index in [1.165, 1.54) is 6.26 Å². The molecule has 118 valence electrons. The fourth-order valence-electron chi connectivity index (χ4n) is 3.14. The summed E-state index contributed by atoms with van der Waals surface area (Å²) in [5, 5.41) is 3.18. The van der Waals surface area contributed by atoms with E-state index in [0.29, 0.717) is 13.0 Å². The van der Waals surface area contributed by atoms with E-state index in [4.69, 9.17) is 0 Å². The number of rotatable bonds is 5. The second-order valence-corrected chi connectivity index (χ2v) is 8.69. The summed E-state index contributed by atoms with van der Waals surface area (Å²) in [7, 11) is -3.03. The van der Waals surface area contributed by atoms with Crippen molar-refractivity contribution < 1.29 is 21.6 Å². The van der Waals surface area contributed by atoms with Gasteiger partial charge in [-0.25, -0.2) is 8.42 Å². The summed E-state index contributed by atoms with van der Waals surface area (Å²) in [6, 6.07) is -0.132. The molecule has 0 aromatic heterocycles. The van der Waals surface area contributed by atoms with Crippen molar-refractivity contribution in [1.29, 1.82) is 0 Å². The lowest BCUT2D eigenvalue weighted by molar-refractivity contribution is -0.183. The van der Waals surface area contributed by atoms with Gasteiger partial charge >= 0.3 is 6.18 Å². The normalized spacial score (nSPS) is 30.2. The highest BCUT2D eigenvalue weighted by molar-refractivity contribution is 7.90. The van der Waals surface area contributed by atoms with E-state index in [-0.39, 0.29) is 30.1 Å². The average Bonchev–Trinajstić information content (AvgIpc) is 3.04. The van der Waals surface area contributed by atoms with Crippen molar-refractivity contribution in [2.75, 3.05) is 18.6 Å². The second kappa shape index (κ2) is 5.48. The van der Waals surface area contributed by atoms with E-state index in [9.17, 15) is 21.6 Å². The van der Waals surface area contributed by atoms with Gasteiger partial charge in [0.15, 0.2) is 0 Å². The van der Waals surface area contributed by atoms with Crippen molar-refractivity contribution in [3.63, 3.8) is 0 Å². The van der Waals surface area contributed by atoms with Crippen LogP contribution in [0.3, 0.4) is 0 Å². The molecule has 3 nitrogen and oxygen atoms in total. The van der Waals surface area contributed by atoms with Crippen LogP contribution in [0.25, 0.3) is 0 Å². The zero-order valence-electron chi connectivity index (χ0n) is 11.7. The van der Waals surface area contributed by atoms with Crippen LogP contribution < -0.4 is 5.32 Å². The maximum absolute atomic E-state index is 12.7. The predicted molar refractivity (Wildman–Crippen MR) is 71.2 cm³/mol. The van der Waals surface area contributed by atoms with Crippen molar-refractivity contribution in [2.24, 2.45) is 11.3 Å². The van der Waals surface area contributed by atoms with Crippen molar-refractivity contribution in [3.05, 3.63) is 0 Å². The fourth-order valence-corrected chi connectivity index (χ4v) is 4.64. The molecule has 2 saturated carbocycles. The summed E-state index contributed by atoms with van der Waals surface area (Å²) in [5.41, 5.74) is -0.223. The quantitative estimate of drug-likeness (QED) is 0.848. The molecule has 0 heterocycles. The zero-order chi connectivity index (χ0) is 15.0. The number of sulfone groups is 1. The molecule has 0 aromatic carbocycles. The number of halogens is 3. The first-order chi connectivity index (χ1) is 9.10. The lowest BCUT2D eigenvalue weighted by atomic mass is 9.85. The summed E-state index contributed by atoms with van der Waals surface area (Å²) >= 11 is 0. The Morgan fingerprint density at radius 1 is 1.25 bits per heavy atom. The molecule has 0 bridgehead atoms. The van der Waals surface area contributed by atoms with Gasteiger partial charge in [0.25, 0.3) is 0 Å². The van der Waals surface area contributed by atoms with Crippen LogP contribution in [0.1, 0.15) is 38.5 Å². The fraction of sp³-hybridized carbons (Fsp3) is 1.00. The topological polar surface area (TPSA) is 46.2 Å². The van der Waals surface area contributed by atoms with Crippen molar-refractivity contribution in [1.82, 2.24) is 5.32 Å². The number of alkyl halides is 3. The van der Waals surface area contributed by atoms with Crippen LogP contribution in [0.2, 0.25) is 0 Å². The maximum atomic E-state index is 12.7. The lowest BCUT2D eigenvalue weighted by Gasteiger charge is -2.32. The minimum atomic E-state index is -4.11. The molecule has 0 aromatic rings. The first kappa shape index (κ1) is 16.1. The highest BCUT2D eigenvalue weighted by atomic mass is 32.2. The Hall–Kier alpha value is -0.300. The van der Waals surface area contributed by atoms with Gasteiger partial charge in [-0.2, -0.15) is 13.2 Å². The minimum Gasteiger partial charge on any atom is -0.313 e.